The van der Waals surface area contributed by atoms with E-state index in [-0.39, 0.29) is 35.7 Å². The first-order valence-electron chi connectivity index (χ1n) is 20.4. The van der Waals surface area contributed by atoms with Crippen molar-refractivity contribution in [2.75, 3.05) is 6.54 Å². The van der Waals surface area contributed by atoms with Gasteiger partial charge in [0.15, 0.2) is 17.6 Å². The second-order valence-electron chi connectivity index (χ2n) is 15.7. The second kappa shape index (κ2) is 19.3. The molecule has 3 aromatic carbocycles. The van der Waals surface area contributed by atoms with E-state index in [1.165, 1.54) is 38.5 Å². The normalized spacial score (nSPS) is 15.9. The highest BCUT2D eigenvalue weighted by atomic mass is 35.5. The molecule has 2 atom stereocenters. The highest BCUT2D eigenvalue weighted by Crippen LogP contribution is 2.26. The average Bonchev–Trinajstić information content (AvgIpc) is 3.76. The van der Waals surface area contributed by atoms with Crippen molar-refractivity contribution < 1.29 is 19.1 Å². The second-order valence-corrected chi connectivity index (χ2v) is 16.1. The SMILES string of the molecule is Cc1ccc(OC(C)C(=O)NCC(C)c2ccc(-c3nc4c(Cl)c(C)[nH]n4n3)cc2)c(C)c1.O=C(NC1CCCCC1)c1cccc(C(=O)NC2CCCCC2)c1. The molecule has 0 radical (unpaired) electrons. The summed E-state index contributed by atoms with van der Waals surface area (Å²) >= 11 is 6.25. The van der Waals surface area contributed by atoms with E-state index in [1.807, 2.05) is 63.2 Å². The number of nitrogens with zero attached hydrogens (tertiary/aromatic N) is 3. The molecule has 3 amide bonds. The van der Waals surface area contributed by atoms with E-state index in [0.29, 0.717) is 34.2 Å². The van der Waals surface area contributed by atoms with Crippen LogP contribution in [0.25, 0.3) is 17.0 Å². The number of amides is 3. The largest absolute Gasteiger partial charge is 0.481 e. The van der Waals surface area contributed by atoms with E-state index >= 15 is 0 Å². The van der Waals surface area contributed by atoms with Gasteiger partial charge < -0.3 is 20.7 Å². The fourth-order valence-electron chi connectivity index (χ4n) is 7.51. The van der Waals surface area contributed by atoms with Crippen molar-refractivity contribution in [3.63, 3.8) is 0 Å². The molecule has 12 heteroatoms. The van der Waals surface area contributed by atoms with Crippen LogP contribution in [0.3, 0.4) is 0 Å². The predicted octanol–water partition coefficient (Wildman–Crippen LogP) is 8.80. The van der Waals surface area contributed by atoms with Crippen LogP contribution in [-0.4, -0.2) is 62.3 Å². The molecule has 2 unspecified atom stereocenters. The predicted molar refractivity (Wildman–Crippen MR) is 225 cm³/mol. The van der Waals surface area contributed by atoms with Crippen LogP contribution in [0.4, 0.5) is 0 Å². The van der Waals surface area contributed by atoms with Gasteiger partial charge in [-0.25, -0.2) is 4.98 Å². The molecule has 2 fully saturated rings. The van der Waals surface area contributed by atoms with Gasteiger partial charge in [0.25, 0.3) is 17.7 Å². The third-order valence-corrected chi connectivity index (χ3v) is 11.5. The third-order valence-electron chi connectivity index (χ3n) is 11.0. The number of hydrogen-bond acceptors (Lipinski definition) is 6. The maximum atomic E-state index is 12.5. The number of aryl methyl sites for hydroxylation is 3. The zero-order valence-electron chi connectivity index (χ0n) is 33.8. The number of fused-ring (bicyclic) bond motifs is 1. The van der Waals surface area contributed by atoms with Crippen molar-refractivity contribution in [1.82, 2.24) is 35.8 Å². The average molecular weight is 794 g/mol. The Hall–Kier alpha value is -5.16. The number of nitrogens with one attached hydrogen (secondary N) is 4. The topological polar surface area (TPSA) is 143 Å². The minimum Gasteiger partial charge on any atom is -0.481 e. The quantitative estimate of drug-likeness (QED) is 0.105. The molecule has 4 N–H and O–H groups in total. The Kier molecular flexibility index (Phi) is 14.1. The number of aromatic nitrogens is 4. The molecule has 0 aliphatic heterocycles. The van der Waals surface area contributed by atoms with E-state index < -0.39 is 6.10 Å². The Labute approximate surface area is 340 Å². The number of H-pyrrole nitrogens is 1. The molecule has 5 aromatic rings. The molecule has 0 saturated heterocycles. The number of ether oxygens (including phenoxy) is 1. The Balaban J connectivity index is 0.000000203. The van der Waals surface area contributed by atoms with Crippen LogP contribution in [0.5, 0.6) is 5.75 Å². The van der Waals surface area contributed by atoms with Crippen LogP contribution in [0.2, 0.25) is 5.02 Å². The molecule has 7 rings (SSSR count). The third kappa shape index (κ3) is 11.0. The summed E-state index contributed by atoms with van der Waals surface area (Å²) in [5.74, 6) is 1.21. The molecule has 0 bridgehead atoms. The summed E-state index contributed by atoms with van der Waals surface area (Å²) in [5, 5.41) is 17.3. The zero-order chi connectivity index (χ0) is 40.5. The van der Waals surface area contributed by atoms with Crippen molar-refractivity contribution >= 4 is 35.0 Å². The van der Waals surface area contributed by atoms with Gasteiger partial charge in [0.2, 0.25) is 0 Å². The molecule has 57 heavy (non-hydrogen) atoms. The highest BCUT2D eigenvalue weighted by molar-refractivity contribution is 6.34. The van der Waals surface area contributed by atoms with E-state index in [1.54, 1.807) is 35.8 Å². The number of carbonyl (C=O) groups excluding carboxylic acids is 3. The van der Waals surface area contributed by atoms with Gasteiger partial charge in [-0.15, -0.1) is 5.10 Å². The van der Waals surface area contributed by atoms with Crippen LogP contribution in [0, 0.1) is 20.8 Å². The summed E-state index contributed by atoms with van der Waals surface area (Å²) in [6, 6.07) is 21.6. The minimum atomic E-state index is -0.576. The number of carbonyl (C=O) groups is 3. The lowest BCUT2D eigenvalue weighted by atomic mass is 9.95. The molecule has 302 valence electrons. The van der Waals surface area contributed by atoms with Crippen molar-refractivity contribution in [3.05, 3.63) is 105 Å². The first-order valence-corrected chi connectivity index (χ1v) is 20.8. The van der Waals surface area contributed by atoms with Crippen LogP contribution >= 0.6 is 11.6 Å². The van der Waals surface area contributed by atoms with Crippen LogP contribution < -0.4 is 20.7 Å². The summed E-state index contributed by atoms with van der Waals surface area (Å²) in [6.45, 7) is 10.2. The van der Waals surface area contributed by atoms with E-state index in [4.69, 9.17) is 16.3 Å². The Morgan fingerprint density at radius 3 is 1.98 bits per heavy atom. The van der Waals surface area contributed by atoms with Gasteiger partial charge in [0, 0.05) is 35.3 Å². The van der Waals surface area contributed by atoms with Crippen LogP contribution in [0.15, 0.2) is 66.7 Å². The van der Waals surface area contributed by atoms with Crippen LogP contribution in [0.1, 0.15) is 127 Å². The van der Waals surface area contributed by atoms with E-state index in [0.717, 1.165) is 59.4 Å². The molecular formula is C45H56ClN7O4. The minimum absolute atomic E-state index is 0.0609. The number of aromatic amines is 1. The van der Waals surface area contributed by atoms with Crippen molar-refractivity contribution in [2.24, 2.45) is 0 Å². The van der Waals surface area contributed by atoms with E-state index in [9.17, 15) is 14.4 Å². The Morgan fingerprint density at radius 1 is 0.825 bits per heavy atom. The summed E-state index contributed by atoms with van der Waals surface area (Å²) in [4.78, 5) is 41.9. The lowest BCUT2D eigenvalue weighted by Gasteiger charge is -2.23. The standard InChI is InChI=1S/C25H28ClN5O2.C20H28N2O2/c1-14-6-11-21(15(2)12-14)33-18(5)25(32)27-13-16(3)19-7-9-20(10-8-19)23-28-24-22(26)17(4)29-31(24)30-23;23-19(21-17-10-3-1-4-11-17)15-8-7-9-16(14-15)20(24)22-18-12-5-2-6-13-18/h6-12,16,18,29H,13H2,1-5H3,(H,27,32);7-9,14,17-18H,1-6,10-13H2,(H,21,23)(H,22,24). The maximum Gasteiger partial charge on any atom is 0.260 e. The number of hydrogen-bond donors (Lipinski definition) is 4. The lowest BCUT2D eigenvalue weighted by Crippen LogP contribution is -2.38. The molecule has 2 aliphatic rings. The lowest BCUT2D eigenvalue weighted by molar-refractivity contribution is -0.127. The fraction of sp³-hybridized carbons (Fsp3) is 0.444. The van der Waals surface area contributed by atoms with E-state index in [2.05, 4.69) is 38.1 Å². The molecular weight excluding hydrogens is 738 g/mol. The van der Waals surface area contributed by atoms with Crippen LogP contribution in [-0.2, 0) is 4.79 Å². The fourth-order valence-corrected chi connectivity index (χ4v) is 7.68. The highest BCUT2D eigenvalue weighted by Gasteiger charge is 2.21. The van der Waals surface area contributed by atoms with Gasteiger partial charge >= 0.3 is 0 Å². The Morgan fingerprint density at radius 2 is 1.42 bits per heavy atom. The molecule has 2 aromatic heterocycles. The molecule has 2 heterocycles. The number of benzene rings is 3. The summed E-state index contributed by atoms with van der Waals surface area (Å²) in [6.07, 6.45) is 11.0. The van der Waals surface area contributed by atoms with Gasteiger partial charge in [-0.1, -0.05) is 105 Å². The smallest absolute Gasteiger partial charge is 0.260 e. The van der Waals surface area contributed by atoms with Gasteiger partial charge in [0.05, 0.1) is 5.69 Å². The van der Waals surface area contributed by atoms with Crippen molar-refractivity contribution in [2.45, 2.75) is 123 Å². The van der Waals surface area contributed by atoms with Gasteiger partial charge in [-0.3, -0.25) is 19.5 Å². The first kappa shape index (κ1) is 41.5. The van der Waals surface area contributed by atoms with Crippen molar-refractivity contribution in [3.8, 4) is 17.1 Å². The Bertz CT molecular complexity index is 2100. The van der Waals surface area contributed by atoms with Crippen molar-refractivity contribution in [1.29, 1.82) is 0 Å². The summed E-state index contributed by atoms with van der Waals surface area (Å²) < 4.78 is 7.44. The maximum absolute atomic E-state index is 12.5. The van der Waals surface area contributed by atoms with Gasteiger partial charge in [-0.2, -0.15) is 4.63 Å². The van der Waals surface area contributed by atoms with Gasteiger partial charge in [0.1, 0.15) is 10.8 Å². The molecule has 0 spiro atoms. The molecule has 2 saturated carbocycles. The summed E-state index contributed by atoms with van der Waals surface area (Å²) in [5.41, 5.74) is 6.80. The molecule has 2 aliphatic carbocycles. The monoisotopic (exact) mass is 793 g/mol. The molecule has 11 nitrogen and oxygen atoms in total. The first-order chi connectivity index (χ1) is 27.4. The number of halogens is 1. The number of rotatable bonds is 11. The van der Waals surface area contributed by atoms with Gasteiger partial charge in [-0.05, 0) is 94.7 Å². The summed E-state index contributed by atoms with van der Waals surface area (Å²) in [7, 11) is 0. The zero-order valence-corrected chi connectivity index (χ0v) is 34.5.